The number of rotatable bonds is 2. The van der Waals surface area contributed by atoms with E-state index in [1.165, 1.54) is 12.4 Å². The van der Waals surface area contributed by atoms with Crippen molar-refractivity contribution in [2.75, 3.05) is 0 Å². The standard InChI is InChI=1S/C11H9NO2/c13-12-8-6-11(7-9-12)14-10-4-2-1-3-5-10/h1-9H. The van der Waals surface area contributed by atoms with Gasteiger partial charge < -0.3 is 9.94 Å². The van der Waals surface area contributed by atoms with E-state index in [1.54, 1.807) is 12.1 Å². The van der Waals surface area contributed by atoms with Gasteiger partial charge in [0.15, 0.2) is 12.4 Å². The Morgan fingerprint density at radius 3 is 2.07 bits per heavy atom. The van der Waals surface area contributed by atoms with Crippen LogP contribution in [-0.2, 0) is 0 Å². The monoisotopic (exact) mass is 187 g/mol. The molecule has 0 radical (unpaired) electrons. The van der Waals surface area contributed by atoms with E-state index < -0.39 is 0 Å². The van der Waals surface area contributed by atoms with Gasteiger partial charge in [0.2, 0.25) is 0 Å². The first-order chi connectivity index (χ1) is 6.84. The van der Waals surface area contributed by atoms with Crippen molar-refractivity contribution in [3.05, 3.63) is 60.1 Å². The first kappa shape index (κ1) is 8.56. The quantitative estimate of drug-likeness (QED) is 0.533. The molecule has 0 aliphatic rings. The van der Waals surface area contributed by atoms with E-state index in [0.29, 0.717) is 5.75 Å². The zero-order chi connectivity index (χ0) is 9.80. The predicted molar refractivity (Wildman–Crippen MR) is 51.9 cm³/mol. The SMILES string of the molecule is [O-][n+]1ccc(Oc2ccccc2)cc1. The largest absolute Gasteiger partial charge is 0.619 e. The van der Waals surface area contributed by atoms with Crippen LogP contribution < -0.4 is 9.47 Å². The summed E-state index contributed by atoms with van der Waals surface area (Å²) in [5.74, 6) is 1.42. The lowest BCUT2D eigenvalue weighted by molar-refractivity contribution is -0.605. The average molecular weight is 187 g/mol. The molecule has 70 valence electrons. The molecule has 3 nitrogen and oxygen atoms in total. The summed E-state index contributed by atoms with van der Waals surface area (Å²) in [4.78, 5) is 0. The Labute approximate surface area is 81.8 Å². The second-order valence-corrected chi connectivity index (χ2v) is 2.81. The van der Waals surface area contributed by atoms with Crippen LogP contribution in [0.5, 0.6) is 11.5 Å². The van der Waals surface area contributed by atoms with Gasteiger partial charge in [0.05, 0.1) is 0 Å². The third-order valence-electron chi connectivity index (χ3n) is 1.75. The van der Waals surface area contributed by atoms with Crippen molar-refractivity contribution in [2.24, 2.45) is 0 Å². The van der Waals surface area contributed by atoms with Gasteiger partial charge in [-0.05, 0) is 12.1 Å². The van der Waals surface area contributed by atoms with Crippen LogP contribution in [0.25, 0.3) is 0 Å². The molecule has 0 aliphatic heterocycles. The molecule has 0 bridgehead atoms. The second-order valence-electron chi connectivity index (χ2n) is 2.81. The van der Waals surface area contributed by atoms with E-state index in [9.17, 15) is 5.21 Å². The number of benzene rings is 1. The average Bonchev–Trinajstić information content (AvgIpc) is 2.23. The summed E-state index contributed by atoms with van der Waals surface area (Å²) >= 11 is 0. The Morgan fingerprint density at radius 2 is 1.43 bits per heavy atom. The van der Waals surface area contributed by atoms with Crippen LogP contribution >= 0.6 is 0 Å². The molecule has 1 heterocycles. The second kappa shape index (κ2) is 3.79. The Kier molecular flexibility index (Phi) is 2.32. The summed E-state index contributed by atoms with van der Waals surface area (Å²) in [6, 6.07) is 12.7. The maximum atomic E-state index is 10.7. The smallest absolute Gasteiger partial charge is 0.184 e. The van der Waals surface area contributed by atoms with E-state index in [4.69, 9.17) is 4.74 Å². The van der Waals surface area contributed by atoms with Gasteiger partial charge in [0, 0.05) is 12.1 Å². The molecule has 14 heavy (non-hydrogen) atoms. The van der Waals surface area contributed by atoms with Crippen molar-refractivity contribution in [3.63, 3.8) is 0 Å². The lowest BCUT2D eigenvalue weighted by atomic mass is 10.3. The number of nitrogens with zero attached hydrogens (tertiary/aromatic N) is 1. The highest BCUT2D eigenvalue weighted by atomic mass is 16.5. The predicted octanol–water partition coefficient (Wildman–Crippen LogP) is 2.11. The highest BCUT2D eigenvalue weighted by molar-refractivity contribution is 5.28. The maximum Gasteiger partial charge on any atom is 0.184 e. The molecule has 1 aromatic heterocycles. The number of ether oxygens (including phenoxy) is 1. The molecule has 0 fully saturated rings. The summed E-state index contributed by atoms with van der Waals surface area (Å²) in [5, 5.41) is 10.7. The molecule has 0 saturated heterocycles. The van der Waals surface area contributed by atoms with Crippen LogP contribution in [0.15, 0.2) is 54.9 Å². The van der Waals surface area contributed by atoms with Crippen LogP contribution in [-0.4, -0.2) is 0 Å². The molecular formula is C11H9NO2. The fourth-order valence-corrected chi connectivity index (χ4v) is 1.09. The normalized spacial score (nSPS) is 9.71. The molecule has 3 heteroatoms. The first-order valence-corrected chi connectivity index (χ1v) is 4.26. The Bertz CT molecular complexity index is 397. The molecule has 1 aromatic carbocycles. The number of pyridine rings is 1. The van der Waals surface area contributed by atoms with Gasteiger partial charge in [-0.1, -0.05) is 18.2 Å². The minimum atomic E-state index is 0.656. The number of hydrogen-bond acceptors (Lipinski definition) is 2. The van der Waals surface area contributed by atoms with Crippen molar-refractivity contribution in [3.8, 4) is 11.5 Å². The summed E-state index contributed by atoms with van der Waals surface area (Å²) in [6.45, 7) is 0. The van der Waals surface area contributed by atoms with Crippen LogP contribution in [0, 0.1) is 5.21 Å². The summed E-state index contributed by atoms with van der Waals surface area (Å²) < 4.78 is 6.20. The highest BCUT2D eigenvalue weighted by Crippen LogP contribution is 2.18. The topological polar surface area (TPSA) is 36.2 Å². The van der Waals surface area contributed by atoms with Crippen molar-refractivity contribution >= 4 is 0 Å². The zero-order valence-corrected chi connectivity index (χ0v) is 7.46. The number of aromatic nitrogens is 1. The minimum absolute atomic E-state index is 0.656. The fourth-order valence-electron chi connectivity index (χ4n) is 1.09. The van der Waals surface area contributed by atoms with Crippen LogP contribution in [0.4, 0.5) is 0 Å². The van der Waals surface area contributed by atoms with Gasteiger partial charge in [-0.2, -0.15) is 4.73 Å². The lowest BCUT2D eigenvalue weighted by Crippen LogP contribution is -2.23. The molecule has 0 saturated carbocycles. The van der Waals surface area contributed by atoms with Crippen LogP contribution in [0.3, 0.4) is 0 Å². The first-order valence-electron chi connectivity index (χ1n) is 4.26. The van der Waals surface area contributed by atoms with E-state index >= 15 is 0 Å². The molecule has 0 aliphatic carbocycles. The van der Waals surface area contributed by atoms with Gasteiger partial charge in [-0.15, -0.1) is 0 Å². The van der Waals surface area contributed by atoms with Crippen molar-refractivity contribution in [1.29, 1.82) is 0 Å². The lowest BCUT2D eigenvalue weighted by Gasteiger charge is -2.03. The van der Waals surface area contributed by atoms with E-state index in [1.807, 2.05) is 30.3 Å². The third-order valence-corrected chi connectivity index (χ3v) is 1.75. The van der Waals surface area contributed by atoms with E-state index in [2.05, 4.69) is 0 Å². The minimum Gasteiger partial charge on any atom is -0.619 e. The molecule has 0 atom stereocenters. The highest BCUT2D eigenvalue weighted by Gasteiger charge is 1.96. The molecule has 0 amide bonds. The fraction of sp³-hybridized carbons (Fsp3) is 0. The van der Waals surface area contributed by atoms with Gasteiger partial charge in [0.25, 0.3) is 0 Å². The summed E-state index contributed by atoms with van der Waals surface area (Å²) in [7, 11) is 0. The summed E-state index contributed by atoms with van der Waals surface area (Å²) in [6.07, 6.45) is 2.80. The van der Waals surface area contributed by atoms with E-state index in [0.717, 1.165) is 10.5 Å². The Balaban J connectivity index is 2.16. The molecule has 2 rings (SSSR count). The third kappa shape index (κ3) is 2.01. The van der Waals surface area contributed by atoms with Crippen molar-refractivity contribution in [1.82, 2.24) is 0 Å². The number of para-hydroxylation sites is 1. The summed E-state index contributed by atoms with van der Waals surface area (Å²) in [5.41, 5.74) is 0. The van der Waals surface area contributed by atoms with Gasteiger partial charge >= 0.3 is 0 Å². The van der Waals surface area contributed by atoms with Crippen LogP contribution in [0.2, 0.25) is 0 Å². The maximum absolute atomic E-state index is 10.7. The van der Waals surface area contributed by atoms with Crippen LogP contribution in [0.1, 0.15) is 0 Å². The molecule has 0 unspecified atom stereocenters. The van der Waals surface area contributed by atoms with E-state index in [-0.39, 0.29) is 0 Å². The molecule has 0 N–H and O–H groups in total. The number of hydrogen-bond donors (Lipinski definition) is 0. The zero-order valence-electron chi connectivity index (χ0n) is 7.46. The van der Waals surface area contributed by atoms with Gasteiger partial charge in [-0.25, -0.2) is 0 Å². The van der Waals surface area contributed by atoms with Gasteiger partial charge in [-0.3, -0.25) is 0 Å². The van der Waals surface area contributed by atoms with Crippen molar-refractivity contribution in [2.45, 2.75) is 0 Å². The molecule has 0 spiro atoms. The molecule has 2 aromatic rings. The Morgan fingerprint density at radius 1 is 0.857 bits per heavy atom. The molecular weight excluding hydrogens is 178 g/mol. The Hall–Kier alpha value is -2.03. The van der Waals surface area contributed by atoms with Crippen molar-refractivity contribution < 1.29 is 9.47 Å². The van der Waals surface area contributed by atoms with Gasteiger partial charge in [0.1, 0.15) is 11.5 Å².